The summed E-state index contributed by atoms with van der Waals surface area (Å²) in [5.74, 6) is 1.19. The van der Waals surface area contributed by atoms with Crippen LogP contribution in [0.3, 0.4) is 0 Å². The SMILES string of the molecule is Cc1ccc(Oc2ccc(NC(=O)Nc3cnn(C)c3)cn2)cc1C. The Hall–Kier alpha value is -3.35. The van der Waals surface area contributed by atoms with Crippen molar-refractivity contribution in [3.05, 3.63) is 60.0 Å². The first-order valence-electron chi connectivity index (χ1n) is 7.77. The summed E-state index contributed by atoms with van der Waals surface area (Å²) in [6, 6.07) is 8.93. The van der Waals surface area contributed by atoms with Gasteiger partial charge in [-0.05, 0) is 43.2 Å². The molecule has 7 nitrogen and oxygen atoms in total. The number of nitrogens with one attached hydrogen (secondary N) is 2. The van der Waals surface area contributed by atoms with E-state index in [4.69, 9.17) is 4.74 Å². The molecule has 7 heteroatoms. The van der Waals surface area contributed by atoms with Gasteiger partial charge in [-0.25, -0.2) is 9.78 Å². The molecule has 2 N–H and O–H groups in total. The van der Waals surface area contributed by atoms with Crippen LogP contribution in [0.15, 0.2) is 48.9 Å². The van der Waals surface area contributed by atoms with Gasteiger partial charge in [0.15, 0.2) is 0 Å². The molecule has 0 aliphatic carbocycles. The normalized spacial score (nSPS) is 10.4. The molecule has 3 rings (SSSR count). The Balaban J connectivity index is 1.59. The molecule has 0 atom stereocenters. The van der Waals surface area contributed by atoms with Crippen molar-refractivity contribution in [3.8, 4) is 11.6 Å². The molecule has 0 spiro atoms. The van der Waals surface area contributed by atoms with E-state index < -0.39 is 0 Å². The minimum atomic E-state index is -0.363. The lowest BCUT2D eigenvalue weighted by molar-refractivity contribution is 0.262. The third-order valence-electron chi connectivity index (χ3n) is 3.66. The van der Waals surface area contributed by atoms with Crippen molar-refractivity contribution < 1.29 is 9.53 Å². The van der Waals surface area contributed by atoms with Crippen LogP contribution < -0.4 is 15.4 Å². The first-order valence-corrected chi connectivity index (χ1v) is 7.77. The van der Waals surface area contributed by atoms with E-state index in [2.05, 4.69) is 20.7 Å². The second-order valence-electron chi connectivity index (χ2n) is 5.72. The van der Waals surface area contributed by atoms with Gasteiger partial charge in [0.1, 0.15) is 5.75 Å². The van der Waals surface area contributed by atoms with Crippen LogP contribution in [0.2, 0.25) is 0 Å². The van der Waals surface area contributed by atoms with Gasteiger partial charge in [-0.15, -0.1) is 0 Å². The summed E-state index contributed by atoms with van der Waals surface area (Å²) in [5, 5.41) is 9.37. The van der Waals surface area contributed by atoms with Crippen LogP contribution in [0.4, 0.5) is 16.2 Å². The Bertz CT molecular complexity index is 887. The van der Waals surface area contributed by atoms with Crippen LogP contribution in [-0.4, -0.2) is 20.8 Å². The molecule has 0 fully saturated rings. The predicted octanol–water partition coefficient (Wildman–Crippen LogP) is 3.87. The number of nitrogens with zero attached hydrogens (tertiary/aromatic N) is 3. The number of anilines is 2. The van der Waals surface area contributed by atoms with E-state index in [0.717, 1.165) is 11.3 Å². The van der Waals surface area contributed by atoms with Crippen molar-refractivity contribution in [1.82, 2.24) is 14.8 Å². The van der Waals surface area contributed by atoms with Crippen LogP contribution in [0, 0.1) is 13.8 Å². The fraction of sp³-hybridized carbons (Fsp3) is 0.167. The van der Waals surface area contributed by atoms with E-state index in [1.807, 2.05) is 32.0 Å². The zero-order valence-electron chi connectivity index (χ0n) is 14.3. The van der Waals surface area contributed by atoms with Gasteiger partial charge in [0.05, 0.1) is 23.8 Å². The molecule has 2 amide bonds. The van der Waals surface area contributed by atoms with E-state index in [1.54, 1.807) is 42.5 Å². The highest BCUT2D eigenvalue weighted by atomic mass is 16.5. The molecule has 128 valence electrons. The Morgan fingerprint density at radius 1 is 1.04 bits per heavy atom. The molecule has 0 saturated carbocycles. The van der Waals surface area contributed by atoms with Gasteiger partial charge in [-0.2, -0.15) is 5.10 Å². The van der Waals surface area contributed by atoms with E-state index in [1.165, 1.54) is 5.56 Å². The average molecular weight is 337 g/mol. The quantitative estimate of drug-likeness (QED) is 0.757. The highest BCUT2D eigenvalue weighted by molar-refractivity contribution is 5.99. The third kappa shape index (κ3) is 4.35. The van der Waals surface area contributed by atoms with Gasteiger partial charge in [0.25, 0.3) is 0 Å². The molecule has 0 saturated heterocycles. The molecule has 0 bridgehead atoms. The van der Waals surface area contributed by atoms with Gasteiger partial charge in [0, 0.05) is 19.3 Å². The number of ether oxygens (including phenoxy) is 1. The molecule has 0 aliphatic heterocycles. The predicted molar refractivity (Wildman–Crippen MR) is 96.1 cm³/mol. The van der Waals surface area contributed by atoms with Crippen LogP contribution in [0.1, 0.15) is 11.1 Å². The maximum Gasteiger partial charge on any atom is 0.323 e. The Kier molecular flexibility index (Phi) is 4.65. The van der Waals surface area contributed by atoms with Crippen molar-refractivity contribution in [2.75, 3.05) is 10.6 Å². The van der Waals surface area contributed by atoms with Crippen molar-refractivity contribution in [1.29, 1.82) is 0 Å². The van der Waals surface area contributed by atoms with Crippen LogP contribution in [-0.2, 0) is 7.05 Å². The lowest BCUT2D eigenvalue weighted by atomic mass is 10.1. The summed E-state index contributed by atoms with van der Waals surface area (Å²) in [6.07, 6.45) is 4.82. The zero-order valence-corrected chi connectivity index (χ0v) is 14.3. The van der Waals surface area contributed by atoms with Crippen LogP contribution in [0.25, 0.3) is 0 Å². The first kappa shape index (κ1) is 16.5. The standard InChI is InChI=1S/C18H19N5O2/c1-12-4-6-16(8-13(12)2)25-17-7-5-14(9-19-17)21-18(24)22-15-10-20-23(3)11-15/h4-11H,1-3H3,(H2,21,22,24). The summed E-state index contributed by atoms with van der Waals surface area (Å²) in [5.41, 5.74) is 3.54. The van der Waals surface area contributed by atoms with E-state index in [0.29, 0.717) is 17.3 Å². The molecular formula is C18H19N5O2. The highest BCUT2D eigenvalue weighted by Gasteiger charge is 2.06. The molecule has 1 aromatic carbocycles. The first-order chi connectivity index (χ1) is 12.0. The summed E-state index contributed by atoms with van der Waals surface area (Å²) < 4.78 is 7.33. The minimum absolute atomic E-state index is 0.363. The number of hydrogen-bond donors (Lipinski definition) is 2. The average Bonchev–Trinajstić information content (AvgIpc) is 2.97. The summed E-state index contributed by atoms with van der Waals surface area (Å²) in [4.78, 5) is 16.1. The lowest BCUT2D eigenvalue weighted by Gasteiger charge is -2.09. The van der Waals surface area contributed by atoms with Crippen molar-refractivity contribution in [2.45, 2.75) is 13.8 Å². The van der Waals surface area contributed by atoms with Crippen LogP contribution in [0.5, 0.6) is 11.6 Å². The number of carbonyl (C=O) groups excluding carboxylic acids is 1. The second-order valence-corrected chi connectivity index (χ2v) is 5.72. The lowest BCUT2D eigenvalue weighted by Crippen LogP contribution is -2.19. The van der Waals surface area contributed by atoms with Gasteiger partial charge < -0.3 is 15.4 Å². The fourth-order valence-electron chi connectivity index (χ4n) is 2.19. The molecule has 0 aliphatic rings. The van der Waals surface area contributed by atoms with E-state index >= 15 is 0 Å². The number of benzene rings is 1. The number of aryl methyl sites for hydroxylation is 3. The number of rotatable bonds is 4. The van der Waals surface area contributed by atoms with Crippen LogP contribution >= 0.6 is 0 Å². The largest absolute Gasteiger partial charge is 0.439 e. The molecule has 0 radical (unpaired) electrons. The minimum Gasteiger partial charge on any atom is -0.439 e. The molecule has 25 heavy (non-hydrogen) atoms. The van der Waals surface area contributed by atoms with Gasteiger partial charge in [-0.3, -0.25) is 4.68 Å². The number of aromatic nitrogens is 3. The topological polar surface area (TPSA) is 81.1 Å². The number of pyridine rings is 1. The number of urea groups is 1. The fourth-order valence-corrected chi connectivity index (χ4v) is 2.19. The maximum atomic E-state index is 11.9. The highest BCUT2D eigenvalue weighted by Crippen LogP contribution is 2.23. The van der Waals surface area contributed by atoms with Crippen molar-refractivity contribution in [2.24, 2.45) is 7.05 Å². The van der Waals surface area contributed by atoms with Crippen molar-refractivity contribution in [3.63, 3.8) is 0 Å². The number of carbonyl (C=O) groups is 1. The number of amides is 2. The van der Waals surface area contributed by atoms with Gasteiger partial charge >= 0.3 is 6.03 Å². The Morgan fingerprint density at radius 3 is 2.48 bits per heavy atom. The second kappa shape index (κ2) is 7.04. The molecule has 2 heterocycles. The Morgan fingerprint density at radius 2 is 1.84 bits per heavy atom. The maximum absolute atomic E-state index is 11.9. The zero-order chi connectivity index (χ0) is 17.8. The monoisotopic (exact) mass is 337 g/mol. The Labute approximate surface area is 145 Å². The summed E-state index contributed by atoms with van der Waals surface area (Å²) in [6.45, 7) is 4.08. The van der Waals surface area contributed by atoms with E-state index in [9.17, 15) is 4.79 Å². The third-order valence-corrected chi connectivity index (χ3v) is 3.66. The number of hydrogen-bond acceptors (Lipinski definition) is 4. The molecular weight excluding hydrogens is 318 g/mol. The smallest absolute Gasteiger partial charge is 0.323 e. The molecule has 0 unspecified atom stereocenters. The van der Waals surface area contributed by atoms with Crippen molar-refractivity contribution >= 4 is 17.4 Å². The van der Waals surface area contributed by atoms with Gasteiger partial charge in [0.2, 0.25) is 5.88 Å². The summed E-state index contributed by atoms with van der Waals surface area (Å²) in [7, 11) is 1.78. The van der Waals surface area contributed by atoms with E-state index in [-0.39, 0.29) is 6.03 Å². The molecule has 2 aromatic heterocycles. The summed E-state index contributed by atoms with van der Waals surface area (Å²) >= 11 is 0. The molecule has 3 aromatic rings. The van der Waals surface area contributed by atoms with Gasteiger partial charge in [-0.1, -0.05) is 6.07 Å².